The van der Waals surface area contributed by atoms with Gasteiger partial charge >= 0.3 is 10.9 Å². The minimum Gasteiger partial charge on any atom is -0.508 e. The molecule has 0 aliphatic rings. The molecule has 11 nitrogen and oxygen atoms in total. The first-order valence-corrected chi connectivity index (χ1v) is 12.7. The van der Waals surface area contributed by atoms with Gasteiger partial charge in [-0.25, -0.2) is 8.42 Å². The molecule has 2 atom stereocenters. The molecule has 0 aliphatic heterocycles. The van der Waals surface area contributed by atoms with E-state index in [-0.39, 0.29) is 39.6 Å². The monoisotopic (exact) mass is 527 g/mol. The molecule has 12 heteroatoms. The van der Waals surface area contributed by atoms with Crippen molar-refractivity contribution in [1.82, 2.24) is 10.5 Å². The van der Waals surface area contributed by atoms with Crippen LogP contribution >= 0.6 is 0 Å². The number of benzene rings is 3. The number of phenolic OH excluding ortho intramolecular Hbond substituents is 2. The van der Waals surface area contributed by atoms with Crippen molar-refractivity contribution in [2.24, 2.45) is 0 Å². The summed E-state index contributed by atoms with van der Waals surface area (Å²) in [6, 6.07) is 18.1. The van der Waals surface area contributed by atoms with Crippen LogP contribution in [0.4, 0.5) is 0 Å². The van der Waals surface area contributed by atoms with Crippen molar-refractivity contribution in [2.45, 2.75) is 35.4 Å². The highest BCUT2D eigenvalue weighted by Gasteiger charge is 2.36. The average molecular weight is 528 g/mol. The lowest BCUT2D eigenvalue weighted by molar-refractivity contribution is -0.832. The third-order valence-corrected chi connectivity index (χ3v) is 7.23. The predicted octanol–water partition coefficient (Wildman–Crippen LogP) is 2.60. The molecule has 0 amide bonds. The summed E-state index contributed by atoms with van der Waals surface area (Å²) < 4.78 is 35.8. The van der Waals surface area contributed by atoms with Gasteiger partial charge in [0.2, 0.25) is 0 Å². The van der Waals surface area contributed by atoms with E-state index in [0.717, 1.165) is 5.56 Å². The van der Waals surface area contributed by atoms with Gasteiger partial charge in [-0.2, -0.15) is 0 Å². The molecule has 4 aromatic rings. The molecule has 37 heavy (non-hydrogen) atoms. The SMILES string of the molecule is C[C@H](Cc1ccc(Oc2no[n+]([O-])c2S(=O)(=O)c2ccccc2)cc1)NC[C@H](O)c1cc(O)cc(O)c1. The molecule has 194 valence electrons. The molecule has 0 aliphatic carbocycles. The summed E-state index contributed by atoms with van der Waals surface area (Å²) in [5.74, 6) is -0.495. The van der Waals surface area contributed by atoms with Crippen LogP contribution < -0.4 is 15.0 Å². The average Bonchev–Trinajstić information content (AvgIpc) is 3.24. The smallest absolute Gasteiger partial charge is 0.420 e. The van der Waals surface area contributed by atoms with E-state index in [1.807, 2.05) is 6.92 Å². The van der Waals surface area contributed by atoms with Crippen molar-refractivity contribution in [1.29, 1.82) is 0 Å². The normalized spacial score (nSPS) is 13.2. The van der Waals surface area contributed by atoms with E-state index >= 15 is 0 Å². The van der Waals surface area contributed by atoms with Gasteiger partial charge < -0.3 is 30.6 Å². The second-order valence-electron chi connectivity index (χ2n) is 8.41. The molecule has 0 bridgehead atoms. The van der Waals surface area contributed by atoms with Crippen LogP contribution in [0.2, 0.25) is 0 Å². The summed E-state index contributed by atoms with van der Waals surface area (Å²) in [6.07, 6.45) is -0.333. The Bertz CT molecular complexity index is 1440. The lowest BCUT2D eigenvalue weighted by Gasteiger charge is -2.18. The highest BCUT2D eigenvalue weighted by Crippen LogP contribution is 2.29. The summed E-state index contributed by atoms with van der Waals surface area (Å²) in [4.78, 5) is -0.304. The van der Waals surface area contributed by atoms with E-state index in [0.29, 0.717) is 12.0 Å². The maximum absolute atomic E-state index is 12.9. The minimum atomic E-state index is -4.23. The van der Waals surface area contributed by atoms with Gasteiger partial charge in [0.15, 0.2) is 0 Å². The van der Waals surface area contributed by atoms with E-state index < -0.39 is 26.8 Å². The number of phenols is 2. The number of nitrogens with one attached hydrogen (secondary N) is 1. The Morgan fingerprint density at radius 3 is 2.35 bits per heavy atom. The van der Waals surface area contributed by atoms with E-state index in [4.69, 9.17) is 4.74 Å². The van der Waals surface area contributed by atoms with Crippen LogP contribution in [0.5, 0.6) is 23.1 Å². The van der Waals surface area contributed by atoms with Crippen LogP contribution in [-0.4, -0.2) is 41.5 Å². The Hall–Kier alpha value is -4.13. The van der Waals surface area contributed by atoms with Crippen LogP contribution in [0.25, 0.3) is 0 Å². The number of aliphatic hydroxyl groups is 1. The maximum Gasteiger partial charge on any atom is 0.420 e. The van der Waals surface area contributed by atoms with Gasteiger partial charge in [-0.15, -0.1) is 0 Å². The van der Waals surface area contributed by atoms with Crippen LogP contribution in [-0.2, 0) is 16.3 Å². The quantitative estimate of drug-likeness (QED) is 0.225. The van der Waals surface area contributed by atoms with Gasteiger partial charge in [0, 0.05) is 18.7 Å². The van der Waals surface area contributed by atoms with Gasteiger partial charge in [-0.3, -0.25) is 4.63 Å². The Balaban J connectivity index is 1.38. The standard InChI is InChI=1S/C25H25N3O8S/c1-16(26-15-23(31)18-12-19(29)14-20(30)13-18)11-17-7-9-21(10-8-17)35-24-25(28(32)36-27-24)37(33,34)22-5-3-2-4-6-22/h2-10,12-14,16,23,26,29-31H,11,15H2,1H3/t16-,23+/m1/s1. The van der Waals surface area contributed by atoms with Gasteiger partial charge in [0.1, 0.15) is 17.2 Å². The third kappa shape index (κ3) is 6.17. The number of nitrogens with zero attached hydrogens (tertiary/aromatic N) is 2. The molecule has 0 unspecified atom stereocenters. The summed E-state index contributed by atoms with van der Waals surface area (Å²) >= 11 is 0. The van der Waals surface area contributed by atoms with E-state index in [2.05, 4.69) is 15.1 Å². The zero-order chi connectivity index (χ0) is 26.6. The van der Waals surface area contributed by atoms with E-state index in [9.17, 15) is 28.9 Å². The number of sulfone groups is 1. The number of ether oxygens (including phenoxy) is 1. The van der Waals surface area contributed by atoms with Crippen LogP contribution in [0.15, 0.2) is 87.3 Å². The van der Waals surface area contributed by atoms with Crippen LogP contribution in [0, 0.1) is 5.21 Å². The summed E-state index contributed by atoms with van der Waals surface area (Å²) in [5, 5.41) is 47.4. The molecule has 1 heterocycles. The Kier molecular flexibility index (Phi) is 7.62. The number of aromatic hydroxyl groups is 2. The van der Waals surface area contributed by atoms with Crippen molar-refractivity contribution in [3.05, 3.63) is 89.1 Å². The maximum atomic E-state index is 12.9. The number of hydrogen-bond acceptors (Lipinski definition) is 10. The Labute approximate surface area is 212 Å². The summed E-state index contributed by atoms with van der Waals surface area (Å²) in [5.41, 5.74) is 1.31. The summed E-state index contributed by atoms with van der Waals surface area (Å²) in [6.45, 7) is 2.13. The number of aliphatic hydroxyl groups excluding tert-OH is 1. The lowest BCUT2D eigenvalue weighted by atomic mass is 10.1. The van der Waals surface area contributed by atoms with Gasteiger partial charge in [0.25, 0.3) is 9.84 Å². The second kappa shape index (κ2) is 10.9. The molecule has 4 rings (SSSR count). The predicted molar refractivity (Wildman–Crippen MR) is 130 cm³/mol. The largest absolute Gasteiger partial charge is 0.508 e. The summed E-state index contributed by atoms with van der Waals surface area (Å²) in [7, 11) is -4.23. The van der Waals surface area contributed by atoms with Gasteiger partial charge in [0.05, 0.1) is 16.2 Å². The first-order valence-electron chi connectivity index (χ1n) is 11.2. The molecule has 3 aromatic carbocycles. The molecule has 0 radical (unpaired) electrons. The molecule has 4 N–H and O–H groups in total. The van der Waals surface area contributed by atoms with Crippen LogP contribution in [0.1, 0.15) is 24.2 Å². The molecule has 0 spiro atoms. The lowest BCUT2D eigenvalue weighted by Crippen LogP contribution is -2.32. The molecule has 1 aromatic heterocycles. The zero-order valence-corrected chi connectivity index (χ0v) is 20.5. The molecular weight excluding hydrogens is 502 g/mol. The van der Waals surface area contributed by atoms with Crippen molar-refractivity contribution in [3.63, 3.8) is 0 Å². The molecule has 0 saturated heterocycles. The fourth-order valence-corrected chi connectivity index (χ4v) is 4.96. The van der Waals surface area contributed by atoms with E-state index in [1.165, 1.54) is 42.5 Å². The van der Waals surface area contributed by atoms with E-state index in [1.54, 1.807) is 30.3 Å². The van der Waals surface area contributed by atoms with Crippen molar-refractivity contribution in [2.75, 3.05) is 6.54 Å². The molecule has 0 fully saturated rings. The fourth-order valence-electron chi connectivity index (χ4n) is 3.69. The number of hydrogen-bond donors (Lipinski definition) is 4. The molecular formula is C25H25N3O8S. The highest BCUT2D eigenvalue weighted by atomic mass is 32.2. The van der Waals surface area contributed by atoms with Crippen LogP contribution in [0.3, 0.4) is 0 Å². The molecule has 0 saturated carbocycles. The highest BCUT2D eigenvalue weighted by molar-refractivity contribution is 7.91. The first-order chi connectivity index (χ1) is 17.6. The first kappa shape index (κ1) is 25.9. The fraction of sp³-hybridized carbons (Fsp3) is 0.200. The minimum absolute atomic E-state index is 0.0371. The van der Waals surface area contributed by atoms with Crippen molar-refractivity contribution < 1.29 is 38.0 Å². The zero-order valence-electron chi connectivity index (χ0n) is 19.7. The van der Waals surface area contributed by atoms with Crippen molar-refractivity contribution in [3.8, 4) is 23.1 Å². The Morgan fingerprint density at radius 1 is 1.05 bits per heavy atom. The van der Waals surface area contributed by atoms with Crippen molar-refractivity contribution >= 4 is 9.84 Å². The van der Waals surface area contributed by atoms with Gasteiger partial charge in [-0.05, 0) is 65.8 Å². The second-order valence-corrected chi connectivity index (χ2v) is 10.3. The number of rotatable bonds is 10. The topological polar surface area (TPSA) is 169 Å². The van der Waals surface area contributed by atoms with Gasteiger partial charge in [-0.1, -0.05) is 30.3 Å². The Morgan fingerprint density at radius 2 is 1.70 bits per heavy atom. The number of aromatic nitrogens is 2. The third-order valence-electron chi connectivity index (χ3n) is 5.50.